The number of aromatic nitrogens is 1. The predicted molar refractivity (Wildman–Crippen MR) is 125 cm³/mol. The van der Waals surface area contributed by atoms with Gasteiger partial charge < -0.3 is 14.2 Å². The van der Waals surface area contributed by atoms with Gasteiger partial charge in [0.25, 0.3) is 0 Å². The zero-order chi connectivity index (χ0) is 21.5. The number of piperazine rings is 1. The summed E-state index contributed by atoms with van der Waals surface area (Å²) in [5.41, 5.74) is 4.59. The van der Waals surface area contributed by atoms with Crippen molar-refractivity contribution in [3.8, 4) is 0 Å². The SMILES string of the molecule is O=C(CN1CC2CCC(C1)N2c1cccnc1)N1CC=C(c2cccc3ccoc23)CC1. The third-order valence-corrected chi connectivity index (χ3v) is 7.25. The summed E-state index contributed by atoms with van der Waals surface area (Å²) in [6.07, 6.45) is 11.0. The molecule has 3 aliphatic heterocycles. The largest absolute Gasteiger partial charge is 0.464 e. The Morgan fingerprint density at radius 3 is 2.72 bits per heavy atom. The van der Waals surface area contributed by atoms with E-state index in [2.05, 4.69) is 45.1 Å². The number of rotatable bonds is 4. The van der Waals surface area contributed by atoms with Crippen LogP contribution in [0.1, 0.15) is 24.8 Å². The fourth-order valence-electron chi connectivity index (χ4n) is 5.72. The van der Waals surface area contributed by atoms with E-state index in [0.29, 0.717) is 25.2 Å². The number of anilines is 1. The van der Waals surface area contributed by atoms with Crippen LogP contribution in [0.4, 0.5) is 5.69 Å². The van der Waals surface area contributed by atoms with Crippen LogP contribution >= 0.6 is 0 Å². The molecule has 164 valence electrons. The number of carbonyl (C=O) groups excluding carboxylic acids is 1. The number of fused-ring (bicyclic) bond motifs is 3. The molecule has 6 rings (SSSR count). The van der Waals surface area contributed by atoms with Crippen molar-refractivity contribution in [1.82, 2.24) is 14.8 Å². The maximum absolute atomic E-state index is 13.1. The van der Waals surface area contributed by atoms with Gasteiger partial charge in [0.2, 0.25) is 5.91 Å². The van der Waals surface area contributed by atoms with Crippen molar-refractivity contribution in [2.24, 2.45) is 0 Å². The third-order valence-electron chi connectivity index (χ3n) is 7.25. The summed E-state index contributed by atoms with van der Waals surface area (Å²) in [4.78, 5) is 24.3. The molecule has 2 aromatic heterocycles. The molecule has 0 saturated carbocycles. The summed E-state index contributed by atoms with van der Waals surface area (Å²) in [5.74, 6) is 0.241. The summed E-state index contributed by atoms with van der Waals surface area (Å²) >= 11 is 0. The number of hydrogen-bond acceptors (Lipinski definition) is 5. The number of carbonyl (C=O) groups is 1. The fourth-order valence-corrected chi connectivity index (χ4v) is 5.72. The van der Waals surface area contributed by atoms with Gasteiger partial charge >= 0.3 is 0 Å². The van der Waals surface area contributed by atoms with Crippen molar-refractivity contribution in [3.63, 3.8) is 0 Å². The van der Waals surface area contributed by atoms with Crippen LogP contribution in [0, 0.1) is 0 Å². The molecule has 32 heavy (non-hydrogen) atoms. The van der Waals surface area contributed by atoms with E-state index in [9.17, 15) is 4.79 Å². The molecule has 2 fully saturated rings. The van der Waals surface area contributed by atoms with Gasteiger partial charge in [-0.05, 0) is 43.0 Å². The van der Waals surface area contributed by atoms with E-state index < -0.39 is 0 Å². The second kappa shape index (κ2) is 8.10. The van der Waals surface area contributed by atoms with Gasteiger partial charge in [0, 0.05) is 55.4 Å². The van der Waals surface area contributed by atoms with Crippen LogP contribution in [0.2, 0.25) is 0 Å². The lowest BCUT2D eigenvalue weighted by atomic mass is 9.98. The number of furan rings is 1. The second-order valence-corrected chi connectivity index (χ2v) is 9.16. The molecule has 2 saturated heterocycles. The maximum atomic E-state index is 13.1. The van der Waals surface area contributed by atoms with Crippen molar-refractivity contribution in [2.45, 2.75) is 31.3 Å². The third kappa shape index (κ3) is 3.48. The van der Waals surface area contributed by atoms with Crippen molar-refractivity contribution in [3.05, 3.63) is 66.7 Å². The molecule has 2 bridgehead atoms. The van der Waals surface area contributed by atoms with Gasteiger partial charge in [-0.1, -0.05) is 24.3 Å². The Hall–Kier alpha value is -3.12. The van der Waals surface area contributed by atoms with E-state index in [1.165, 1.54) is 24.1 Å². The Bertz CT molecular complexity index is 1140. The lowest BCUT2D eigenvalue weighted by Gasteiger charge is -2.42. The molecule has 6 heteroatoms. The smallest absolute Gasteiger partial charge is 0.237 e. The number of pyridine rings is 1. The fraction of sp³-hybridized carbons (Fsp3) is 0.385. The van der Waals surface area contributed by atoms with Crippen LogP contribution in [-0.4, -0.2) is 65.5 Å². The van der Waals surface area contributed by atoms with Gasteiger partial charge in [-0.25, -0.2) is 0 Å². The van der Waals surface area contributed by atoms with Gasteiger partial charge in [-0.3, -0.25) is 14.7 Å². The van der Waals surface area contributed by atoms with E-state index >= 15 is 0 Å². The normalized spacial score (nSPS) is 23.6. The first-order valence-electron chi connectivity index (χ1n) is 11.6. The van der Waals surface area contributed by atoms with Crippen LogP contribution < -0.4 is 4.90 Å². The molecule has 5 heterocycles. The monoisotopic (exact) mass is 428 g/mol. The average molecular weight is 429 g/mol. The molecule has 0 aliphatic carbocycles. The van der Waals surface area contributed by atoms with Gasteiger partial charge in [0.15, 0.2) is 0 Å². The van der Waals surface area contributed by atoms with E-state index in [1.54, 1.807) is 6.26 Å². The van der Waals surface area contributed by atoms with Gasteiger partial charge in [0.05, 0.1) is 24.7 Å². The standard InChI is InChI=1S/C26H28N4O2/c31-25(18-28-16-22-6-7-23(17-28)30(22)21-4-2-11-27-15-21)29-12-8-19(9-13-29)24-5-1-3-20-10-14-32-26(20)24/h1-5,8,10-11,14-15,22-23H,6-7,9,12-13,16-18H2. The highest BCUT2D eigenvalue weighted by Gasteiger charge is 2.40. The lowest BCUT2D eigenvalue weighted by molar-refractivity contribution is -0.132. The van der Waals surface area contributed by atoms with Crippen molar-refractivity contribution < 1.29 is 9.21 Å². The zero-order valence-corrected chi connectivity index (χ0v) is 18.2. The second-order valence-electron chi connectivity index (χ2n) is 9.16. The van der Waals surface area contributed by atoms with Crippen LogP contribution in [0.3, 0.4) is 0 Å². The first-order valence-corrected chi connectivity index (χ1v) is 11.6. The summed E-state index contributed by atoms with van der Waals surface area (Å²) in [7, 11) is 0. The number of benzene rings is 1. The highest BCUT2D eigenvalue weighted by Crippen LogP contribution is 2.34. The summed E-state index contributed by atoms with van der Waals surface area (Å²) in [6, 6.07) is 13.4. The quantitative estimate of drug-likeness (QED) is 0.633. The summed E-state index contributed by atoms with van der Waals surface area (Å²) in [5, 5.41) is 1.13. The molecule has 3 aliphatic rings. The Morgan fingerprint density at radius 2 is 1.97 bits per heavy atom. The van der Waals surface area contributed by atoms with E-state index in [-0.39, 0.29) is 5.91 Å². The summed E-state index contributed by atoms with van der Waals surface area (Å²) in [6.45, 7) is 3.86. The zero-order valence-electron chi connectivity index (χ0n) is 18.2. The molecule has 3 aromatic rings. The van der Waals surface area contributed by atoms with Gasteiger partial charge in [-0.2, -0.15) is 0 Å². The number of likely N-dealkylation sites (tertiary alicyclic amines) is 1. The molecule has 2 unspecified atom stereocenters. The predicted octanol–water partition coefficient (Wildman–Crippen LogP) is 3.80. The van der Waals surface area contributed by atoms with Gasteiger partial charge in [-0.15, -0.1) is 0 Å². The van der Waals surface area contributed by atoms with Crippen LogP contribution in [0.5, 0.6) is 0 Å². The first-order chi connectivity index (χ1) is 15.8. The highest BCUT2D eigenvalue weighted by molar-refractivity contribution is 5.90. The Kier molecular flexibility index (Phi) is 4.95. The highest BCUT2D eigenvalue weighted by atomic mass is 16.3. The lowest BCUT2D eigenvalue weighted by Crippen LogP contribution is -2.56. The van der Waals surface area contributed by atoms with Crippen LogP contribution in [0.25, 0.3) is 16.5 Å². The minimum Gasteiger partial charge on any atom is -0.464 e. The minimum atomic E-state index is 0.241. The molecule has 0 spiro atoms. The van der Waals surface area contributed by atoms with E-state index in [4.69, 9.17) is 4.42 Å². The summed E-state index contributed by atoms with van der Waals surface area (Å²) < 4.78 is 5.71. The number of para-hydroxylation sites is 1. The van der Waals surface area contributed by atoms with Crippen molar-refractivity contribution in [2.75, 3.05) is 37.6 Å². The maximum Gasteiger partial charge on any atom is 0.237 e. The van der Waals surface area contributed by atoms with E-state index in [1.807, 2.05) is 29.4 Å². The Labute approximate surface area is 188 Å². The molecule has 1 amide bonds. The van der Waals surface area contributed by atoms with E-state index in [0.717, 1.165) is 42.6 Å². The number of amides is 1. The molecule has 2 atom stereocenters. The van der Waals surface area contributed by atoms with Crippen LogP contribution in [0.15, 0.2) is 65.5 Å². The topological polar surface area (TPSA) is 52.8 Å². The Morgan fingerprint density at radius 1 is 1.09 bits per heavy atom. The number of hydrogen-bond donors (Lipinski definition) is 0. The van der Waals surface area contributed by atoms with Crippen molar-refractivity contribution >= 4 is 28.1 Å². The number of nitrogens with zero attached hydrogens (tertiary/aromatic N) is 4. The van der Waals surface area contributed by atoms with Gasteiger partial charge in [0.1, 0.15) is 5.58 Å². The molecule has 1 aromatic carbocycles. The Balaban J connectivity index is 1.09. The molecule has 0 N–H and O–H groups in total. The molecule has 0 radical (unpaired) electrons. The van der Waals surface area contributed by atoms with Crippen molar-refractivity contribution in [1.29, 1.82) is 0 Å². The first kappa shape index (κ1) is 19.6. The molecular formula is C26H28N4O2. The van der Waals surface area contributed by atoms with Crippen LogP contribution in [-0.2, 0) is 4.79 Å². The molecular weight excluding hydrogens is 400 g/mol. The average Bonchev–Trinajstić information content (AvgIpc) is 3.42. The molecule has 6 nitrogen and oxygen atoms in total. The minimum absolute atomic E-state index is 0.241.